The Balaban J connectivity index is 0.00000132. The van der Waals surface area contributed by atoms with Crippen molar-refractivity contribution in [3.8, 4) is 5.69 Å². The minimum Gasteiger partial charge on any atom is -0.316 e. The molecule has 2 aromatic rings. The Hall–Kier alpha value is -1.63. The lowest BCUT2D eigenvalue weighted by atomic mass is 10.0. The molecule has 0 saturated carbocycles. The topological polar surface area (TPSA) is 71.8 Å². The van der Waals surface area contributed by atoms with Crippen molar-refractivity contribution >= 4 is 36.5 Å². The molecule has 0 radical (unpaired) electrons. The molecule has 1 aliphatic heterocycles. The molecule has 1 unspecified atom stereocenters. The second-order valence-corrected chi connectivity index (χ2v) is 5.30. The average molecular weight is 358 g/mol. The van der Waals surface area contributed by atoms with Crippen LogP contribution in [0.1, 0.15) is 19.3 Å². The van der Waals surface area contributed by atoms with Crippen LogP contribution in [-0.2, 0) is 4.79 Å². The fraction of sp³-hybridized carbons (Fsp3) is 0.400. The van der Waals surface area contributed by atoms with E-state index in [0.29, 0.717) is 18.2 Å². The smallest absolute Gasteiger partial charge is 0.225 e. The molecule has 3 heterocycles. The summed E-state index contributed by atoms with van der Waals surface area (Å²) in [6, 6.07) is 5.53. The zero-order valence-electron chi connectivity index (χ0n) is 12.6. The van der Waals surface area contributed by atoms with Crippen LogP contribution < -0.4 is 10.6 Å². The van der Waals surface area contributed by atoms with Gasteiger partial charge < -0.3 is 10.6 Å². The van der Waals surface area contributed by atoms with Crippen molar-refractivity contribution < 1.29 is 4.79 Å². The molecule has 8 heteroatoms. The summed E-state index contributed by atoms with van der Waals surface area (Å²) in [6.45, 7) is 2.10. The molecule has 126 valence electrons. The van der Waals surface area contributed by atoms with Gasteiger partial charge in [-0.05, 0) is 44.0 Å². The van der Waals surface area contributed by atoms with Gasteiger partial charge >= 0.3 is 0 Å². The highest BCUT2D eigenvalue weighted by Crippen LogP contribution is 2.15. The van der Waals surface area contributed by atoms with Gasteiger partial charge in [-0.1, -0.05) is 0 Å². The molecule has 2 aromatic heterocycles. The maximum Gasteiger partial charge on any atom is 0.225 e. The highest BCUT2D eigenvalue weighted by atomic mass is 35.5. The summed E-state index contributed by atoms with van der Waals surface area (Å²) in [5.41, 5.74) is 0.919. The fourth-order valence-corrected chi connectivity index (χ4v) is 2.53. The van der Waals surface area contributed by atoms with Crippen molar-refractivity contribution in [2.45, 2.75) is 19.3 Å². The Labute approximate surface area is 147 Å². The van der Waals surface area contributed by atoms with Crippen LogP contribution in [0, 0.1) is 5.92 Å². The van der Waals surface area contributed by atoms with Gasteiger partial charge in [0.25, 0.3) is 0 Å². The van der Waals surface area contributed by atoms with E-state index < -0.39 is 0 Å². The molecule has 23 heavy (non-hydrogen) atoms. The van der Waals surface area contributed by atoms with Crippen LogP contribution in [-0.4, -0.2) is 33.8 Å². The summed E-state index contributed by atoms with van der Waals surface area (Å²) in [5.74, 6) is 1.24. The fourth-order valence-electron chi connectivity index (χ4n) is 2.53. The van der Waals surface area contributed by atoms with Crippen molar-refractivity contribution in [1.82, 2.24) is 20.1 Å². The Morgan fingerprint density at radius 3 is 2.78 bits per heavy atom. The van der Waals surface area contributed by atoms with Crippen molar-refractivity contribution in [2.75, 3.05) is 18.4 Å². The first-order valence-corrected chi connectivity index (χ1v) is 7.28. The second kappa shape index (κ2) is 9.50. The van der Waals surface area contributed by atoms with Gasteiger partial charge in [0.2, 0.25) is 5.91 Å². The SMILES string of the molecule is Cl.Cl.O=C(CCC1CCNC1)Nc1ccn(-c2ccncc2)n1. The average Bonchev–Trinajstić information content (AvgIpc) is 3.17. The van der Waals surface area contributed by atoms with Crippen molar-refractivity contribution in [3.05, 3.63) is 36.8 Å². The quantitative estimate of drug-likeness (QED) is 0.861. The summed E-state index contributed by atoms with van der Waals surface area (Å²) in [6.07, 6.45) is 7.91. The van der Waals surface area contributed by atoms with E-state index in [1.807, 2.05) is 18.3 Å². The number of pyridine rings is 1. The third-order valence-corrected chi connectivity index (χ3v) is 3.73. The lowest BCUT2D eigenvalue weighted by Crippen LogP contribution is -2.15. The molecule has 3 rings (SSSR count). The van der Waals surface area contributed by atoms with Crippen molar-refractivity contribution in [2.24, 2.45) is 5.92 Å². The first-order chi connectivity index (χ1) is 10.3. The van der Waals surface area contributed by atoms with E-state index in [4.69, 9.17) is 0 Å². The zero-order valence-corrected chi connectivity index (χ0v) is 14.3. The number of hydrogen-bond acceptors (Lipinski definition) is 4. The lowest BCUT2D eigenvalue weighted by Gasteiger charge is -2.07. The van der Waals surface area contributed by atoms with E-state index in [-0.39, 0.29) is 30.7 Å². The summed E-state index contributed by atoms with van der Waals surface area (Å²) in [4.78, 5) is 15.9. The first kappa shape index (κ1) is 19.4. The van der Waals surface area contributed by atoms with Gasteiger partial charge in [-0.3, -0.25) is 9.78 Å². The van der Waals surface area contributed by atoms with Crippen LogP contribution in [0.15, 0.2) is 36.8 Å². The molecule has 1 aliphatic rings. The number of carbonyl (C=O) groups is 1. The number of halogens is 2. The van der Waals surface area contributed by atoms with E-state index in [0.717, 1.165) is 25.2 Å². The number of rotatable bonds is 5. The summed E-state index contributed by atoms with van der Waals surface area (Å²) < 4.78 is 1.72. The number of amides is 1. The molecule has 6 nitrogen and oxygen atoms in total. The molecular weight excluding hydrogens is 337 g/mol. The minimum absolute atomic E-state index is 0. The molecule has 1 fully saturated rings. The number of nitrogens with one attached hydrogen (secondary N) is 2. The number of nitrogens with zero attached hydrogens (tertiary/aromatic N) is 3. The van der Waals surface area contributed by atoms with Crippen LogP contribution in [0.2, 0.25) is 0 Å². The van der Waals surface area contributed by atoms with E-state index in [9.17, 15) is 4.79 Å². The molecule has 0 aromatic carbocycles. The molecule has 1 saturated heterocycles. The number of hydrogen-bond donors (Lipinski definition) is 2. The molecule has 1 atom stereocenters. The van der Waals surface area contributed by atoms with E-state index in [1.54, 1.807) is 23.1 Å². The Bertz CT molecular complexity index is 599. The van der Waals surface area contributed by atoms with Crippen LogP contribution in [0.5, 0.6) is 0 Å². The second-order valence-electron chi connectivity index (χ2n) is 5.30. The number of anilines is 1. The predicted octanol–water partition coefficient (Wildman–Crippen LogP) is 2.44. The highest BCUT2D eigenvalue weighted by molar-refractivity contribution is 5.89. The van der Waals surface area contributed by atoms with Gasteiger partial charge in [-0.2, -0.15) is 5.10 Å². The molecule has 0 bridgehead atoms. The predicted molar refractivity (Wildman–Crippen MR) is 94.7 cm³/mol. The Kier molecular flexibility index (Phi) is 8.02. The molecule has 0 aliphatic carbocycles. The van der Waals surface area contributed by atoms with Gasteiger partial charge in [0.15, 0.2) is 5.82 Å². The van der Waals surface area contributed by atoms with Gasteiger partial charge in [-0.25, -0.2) is 4.68 Å². The molecular formula is C15H21Cl2N5O. The summed E-state index contributed by atoms with van der Waals surface area (Å²) >= 11 is 0. The number of carbonyl (C=O) groups excluding carboxylic acids is 1. The third kappa shape index (κ3) is 5.49. The van der Waals surface area contributed by atoms with Crippen LogP contribution in [0.3, 0.4) is 0 Å². The summed E-state index contributed by atoms with van der Waals surface area (Å²) in [7, 11) is 0. The van der Waals surface area contributed by atoms with Gasteiger partial charge in [0, 0.05) is 31.1 Å². The summed E-state index contributed by atoms with van der Waals surface area (Å²) in [5, 5.41) is 10.5. The van der Waals surface area contributed by atoms with Crippen LogP contribution >= 0.6 is 24.8 Å². The van der Waals surface area contributed by atoms with Gasteiger partial charge in [-0.15, -0.1) is 24.8 Å². The van der Waals surface area contributed by atoms with Crippen molar-refractivity contribution in [3.63, 3.8) is 0 Å². The van der Waals surface area contributed by atoms with E-state index in [2.05, 4.69) is 20.7 Å². The third-order valence-electron chi connectivity index (χ3n) is 3.73. The van der Waals surface area contributed by atoms with E-state index >= 15 is 0 Å². The van der Waals surface area contributed by atoms with Gasteiger partial charge in [0.05, 0.1) is 5.69 Å². The van der Waals surface area contributed by atoms with Crippen LogP contribution in [0.25, 0.3) is 5.69 Å². The largest absolute Gasteiger partial charge is 0.316 e. The maximum absolute atomic E-state index is 11.9. The lowest BCUT2D eigenvalue weighted by molar-refractivity contribution is -0.116. The molecule has 2 N–H and O–H groups in total. The van der Waals surface area contributed by atoms with Crippen LogP contribution in [0.4, 0.5) is 5.82 Å². The normalized spacial score (nSPS) is 16.3. The minimum atomic E-state index is 0. The highest BCUT2D eigenvalue weighted by Gasteiger charge is 2.16. The Morgan fingerprint density at radius 1 is 1.30 bits per heavy atom. The first-order valence-electron chi connectivity index (χ1n) is 7.28. The maximum atomic E-state index is 11.9. The number of aromatic nitrogens is 3. The monoisotopic (exact) mass is 357 g/mol. The van der Waals surface area contributed by atoms with Crippen molar-refractivity contribution in [1.29, 1.82) is 0 Å². The zero-order chi connectivity index (χ0) is 14.5. The molecule has 0 spiro atoms. The standard InChI is InChI=1S/C15H19N5O.2ClH/c21-15(2-1-12-3-7-17-11-12)18-14-6-10-20(19-14)13-4-8-16-9-5-13;;/h4-6,8-10,12,17H,1-3,7,11H2,(H,18,19,21);2*1H. The Morgan fingerprint density at radius 2 is 2.09 bits per heavy atom. The molecule has 1 amide bonds. The van der Waals surface area contributed by atoms with E-state index in [1.165, 1.54) is 6.42 Å². The van der Waals surface area contributed by atoms with Gasteiger partial charge in [0.1, 0.15) is 0 Å².